The Morgan fingerprint density at radius 3 is 2.25 bits per heavy atom. The molecule has 0 spiro atoms. The molecule has 0 bridgehead atoms. The lowest BCUT2D eigenvalue weighted by Crippen LogP contribution is -1.98. The number of hydrogen-bond donors (Lipinski definition) is 0. The van der Waals surface area contributed by atoms with E-state index in [-0.39, 0.29) is 5.38 Å². The molecule has 106 valence electrons. The van der Waals surface area contributed by atoms with Crippen LogP contribution >= 0.6 is 27.5 Å². The molecule has 2 aromatic rings. The molecule has 0 fully saturated rings. The van der Waals surface area contributed by atoms with Gasteiger partial charge in [-0.1, -0.05) is 66.2 Å². The molecule has 2 aromatic carbocycles. The summed E-state index contributed by atoms with van der Waals surface area (Å²) >= 11 is 10.0. The largest absolute Gasteiger partial charge is 0.117 e. The third kappa shape index (κ3) is 4.64. The van der Waals surface area contributed by atoms with Crippen molar-refractivity contribution in [1.29, 1.82) is 0 Å². The normalized spacial score (nSPS) is 12.7. The van der Waals surface area contributed by atoms with Gasteiger partial charge in [-0.2, -0.15) is 0 Å². The molecule has 0 amide bonds. The van der Waals surface area contributed by atoms with Gasteiger partial charge < -0.3 is 0 Å². The Labute approximate surface area is 135 Å². The van der Waals surface area contributed by atoms with E-state index in [0.29, 0.717) is 5.92 Å². The van der Waals surface area contributed by atoms with Crippen LogP contribution in [-0.4, -0.2) is 0 Å². The molecule has 1 atom stereocenters. The zero-order chi connectivity index (χ0) is 14.5. The standard InChI is InChI=1S/C18H20BrCl/c1-13(2)10-14-6-8-16(9-7-14)18(20)12-15-4-3-5-17(19)11-15/h3-9,11,13,18H,10,12H2,1-2H3. The lowest BCUT2D eigenvalue weighted by atomic mass is 9.99. The smallest absolute Gasteiger partial charge is 0.0625 e. The van der Waals surface area contributed by atoms with Crippen LogP contribution in [0, 0.1) is 5.92 Å². The maximum Gasteiger partial charge on any atom is 0.0625 e. The summed E-state index contributed by atoms with van der Waals surface area (Å²) in [5.74, 6) is 0.689. The number of alkyl halides is 1. The monoisotopic (exact) mass is 350 g/mol. The molecule has 1 unspecified atom stereocenters. The Hall–Kier alpha value is -0.790. The van der Waals surface area contributed by atoms with Crippen LogP contribution in [0.15, 0.2) is 53.0 Å². The predicted molar refractivity (Wildman–Crippen MR) is 91.4 cm³/mol. The highest BCUT2D eigenvalue weighted by Gasteiger charge is 2.09. The van der Waals surface area contributed by atoms with Crippen molar-refractivity contribution < 1.29 is 0 Å². The van der Waals surface area contributed by atoms with Gasteiger partial charge in [0.1, 0.15) is 0 Å². The fourth-order valence-electron chi connectivity index (χ4n) is 2.32. The molecule has 0 aromatic heterocycles. The van der Waals surface area contributed by atoms with Crippen LogP contribution in [0.4, 0.5) is 0 Å². The second-order valence-corrected chi connectivity index (χ2v) is 7.08. The molecule has 2 heteroatoms. The van der Waals surface area contributed by atoms with E-state index >= 15 is 0 Å². The molecule has 0 heterocycles. The third-order valence-corrected chi connectivity index (χ3v) is 4.19. The first-order valence-electron chi connectivity index (χ1n) is 7.02. The average molecular weight is 352 g/mol. The van der Waals surface area contributed by atoms with Gasteiger partial charge in [-0.15, -0.1) is 11.6 Å². The molecule has 20 heavy (non-hydrogen) atoms. The summed E-state index contributed by atoms with van der Waals surface area (Å²) in [6.45, 7) is 4.48. The van der Waals surface area contributed by atoms with Gasteiger partial charge in [0.05, 0.1) is 5.38 Å². The van der Waals surface area contributed by atoms with E-state index in [9.17, 15) is 0 Å². The van der Waals surface area contributed by atoms with Gasteiger partial charge in [-0.05, 0) is 47.6 Å². The fourth-order valence-corrected chi connectivity index (χ4v) is 3.09. The number of benzene rings is 2. The summed E-state index contributed by atoms with van der Waals surface area (Å²) < 4.78 is 1.10. The van der Waals surface area contributed by atoms with Crippen LogP contribution < -0.4 is 0 Å². The van der Waals surface area contributed by atoms with Crippen LogP contribution in [0.5, 0.6) is 0 Å². The van der Waals surface area contributed by atoms with Crippen molar-refractivity contribution in [3.63, 3.8) is 0 Å². The van der Waals surface area contributed by atoms with Crippen LogP contribution in [0.1, 0.15) is 35.9 Å². The highest BCUT2D eigenvalue weighted by atomic mass is 79.9. The Kier molecular flexibility index (Phi) is 5.68. The maximum atomic E-state index is 6.54. The first-order chi connectivity index (χ1) is 9.54. The Morgan fingerprint density at radius 2 is 1.65 bits per heavy atom. The van der Waals surface area contributed by atoms with Gasteiger partial charge >= 0.3 is 0 Å². The van der Waals surface area contributed by atoms with E-state index in [1.54, 1.807) is 0 Å². The summed E-state index contributed by atoms with van der Waals surface area (Å²) in [4.78, 5) is 0. The van der Waals surface area contributed by atoms with E-state index < -0.39 is 0 Å². The van der Waals surface area contributed by atoms with Crippen molar-refractivity contribution in [2.45, 2.75) is 32.1 Å². The second kappa shape index (κ2) is 7.28. The number of halogens is 2. The SMILES string of the molecule is CC(C)Cc1ccc(C(Cl)Cc2cccc(Br)c2)cc1. The average Bonchev–Trinajstić information content (AvgIpc) is 2.38. The first kappa shape index (κ1) is 15.6. The summed E-state index contributed by atoms with van der Waals surface area (Å²) in [7, 11) is 0. The maximum absolute atomic E-state index is 6.54. The molecule has 0 saturated carbocycles. The minimum Gasteiger partial charge on any atom is -0.117 e. The lowest BCUT2D eigenvalue weighted by Gasteiger charge is -2.12. The minimum absolute atomic E-state index is 0.0254. The van der Waals surface area contributed by atoms with Gasteiger partial charge in [-0.3, -0.25) is 0 Å². The van der Waals surface area contributed by atoms with Gasteiger partial charge in [-0.25, -0.2) is 0 Å². The topological polar surface area (TPSA) is 0 Å². The van der Waals surface area contributed by atoms with Crippen molar-refractivity contribution in [3.8, 4) is 0 Å². The van der Waals surface area contributed by atoms with E-state index in [1.807, 2.05) is 6.07 Å². The number of rotatable bonds is 5. The van der Waals surface area contributed by atoms with Crippen molar-refractivity contribution in [2.75, 3.05) is 0 Å². The molecule has 0 saturated heterocycles. The molecular weight excluding hydrogens is 332 g/mol. The fraction of sp³-hybridized carbons (Fsp3) is 0.333. The van der Waals surface area contributed by atoms with Gasteiger partial charge in [0.2, 0.25) is 0 Å². The van der Waals surface area contributed by atoms with E-state index in [4.69, 9.17) is 11.6 Å². The van der Waals surface area contributed by atoms with Crippen LogP contribution in [0.25, 0.3) is 0 Å². The van der Waals surface area contributed by atoms with Gasteiger partial charge in [0.25, 0.3) is 0 Å². The second-order valence-electron chi connectivity index (χ2n) is 5.64. The summed E-state index contributed by atoms with van der Waals surface area (Å²) in [6, 6.07) is 17.1. The Bertz CT molecular complexity index is 546. The minimum atomic E-state index is 0.0254. The molecule has 2 rings (SSSR count). The van der Waals surface area contributed by atoms with Crippen LogP contribution in [0.3, 0.4) is 0 Å². The van der Waals surface area contributed by atoms with Gasteiger partial charge in [0, 0.05) is 4.47 Å². The molecule has 0 nitrogen and oxygen atoms in total. The number of hydrogen-bond acceptors (Lipinski definition) is 0. The summed E-state index contributed by atoms with van der Waals surface area (Å²) in [5.41, 5.74) is 3.83. The van der Waals surface area contributed by atoms with E-state index in [1.165, 1.54) is 16.7 Å². The van der Waals surface area contributed by atoms with E-state index in [0.717, 1.165) is 17.3 Å². The zero-order valence-corrected chi connectivity index (χ0v) is 14.3. The summed E-state index contributed by atoms with van der Waals surface area (Å²) in [6.07, 6.45) is 1.98. The third-order valence-electron chi connectivity index (χ3n) is 3.29. The lowest BCUT2D eigenvalue weighted by molar-refractivity contribution is 0.647. The predicted octanol–water partition coefficient (Wildman–Crippen LogP) is 6.17. The zero-order valence-electron chi connectivity index (χ0n) is 11.9. The molecule has 0 N–H and O–H groups in total. The van der Waals surface area contributed by atoms with Crippen molar-refractivity contribution in [3.05, 3.63) is 69.7 Å². The highest BCUT2D eigenvalue weighted by molar-refractivity contribution is 9.10. The van der Waals surface area contributed by atoms with Gasteiger partial charge in [0.15, 0.2) is 0 Å². The molecule has 0 aliphatic rings. The molecule has 0 aliphatic heterocycles. The van der Waals surface area contributed by atoms with Crippen molar-refractivity contribution >= 4 is 27.5 Å². The molecule has 0 radical (unpaired) electrons. The Morgan fingerprint density at radius 1 is 0.950 bits per heavy atom. The highest BCUT2D eigenvalue weighted by Crippen LogP contribution is 2.26. The van der Waals surface area contributed by atoms with Crippen LogP contribution in [0.2, 0.25) is 0 Å². The van der Waals surface area contributed by atoms with Crippen LogP contribution in [-0.2, 0) is 12.8 Å². The first-order valence-corrected chi connectivity index (χ1v) is 8.25. The van der Waals surface area contributed by atoms with E-state index in [2.05, 4.69) is 72.2 Å². The molecule has 0 aliphatic carbocycles. The van der Waals surface area contributed by atoms with Crippen molar-refractivity contribution in [1.82, 2.24) is 0 Å². The Balaban J connectivity index is 2.03. The van der Waals surface area contributed by atoms with Crippen molar-refractivity contribution in [2.24, 2.45) is 5.92 Å². The molecular formula is C18H20BrCl. The summed E-state index contributed by atoms with van der Waals surface area (Å²) in [5, 5.41) is 0.0254. The quantitative estimate of drug-likeness (QED) is 0.565.